The first-order valence-corrected chi connectivity index (χ1v) is 2.43. The van der Waals surface area contributed by atoms with Gasteiger partial charge >= 0.3 is 0 Å². The highest BCUT2D eigenvalue weighted by Crippen LogP contribution is 1.94. The molecule has 36 valence electrons. The molecule has 0 saturated carbocycles. The zero-order valence-corrected chi connectivity index (χ0v) is 4.78. The fourth-order valence-corrected chi connectivity index (χ4v) is 0.204. The topological polar surface area (TPSA) is 0 Å². The van der Waals surface area contributed by atoms with Gasteiger partial charge in [0.15, 0.2) is 0 Å². The van der Waals surface area contributed by atoms with Gasteiger partial charge in [0.2, 0.25) is 0 Å². The zero-order valence-electron chi connectivity index (χ0n) is 4.78. The van der Waals surface area contributed by atoms with Gasteiger partial charge in [-0.05, 0) is 20.3 Å². The van der Waals surface area contributed by atoms with Gasteiger partial charge in [0.1, 0.15) is 0 Å². The fourth-order valence-electron chi connectivity index (χ4n) is 0.204. The first-order chi connectivity index (χ1) is 2.81. The highest BCUT2D eigenvalue weighted by Gasteiger charge is 1.73. The lowest BCUT2D eigenvalue weighted by atomic mass is 10.2. The van der Waals surface area contributed by atoms with Gasteiger partial charge in [-0.2, -0.15) is 0 Å². The van der Waals surface area contributed by atoms with Crippen LogP contribution in [0, 0.1) is 0 Å². The van der Waals surface area contributed by atoms with Crippen LogP contribution in [0.15, 0.2) is 11.6 Å². The van der Waals surface area contributed by atoms with E-state index in [1.54, 1.807) is 0 Å². The smallest absolute Gasteiger partial charge is 0.0352 e. The Morgan fingerprint density at radius 2 is 2.17 bits per heavy atom. The van der Waals surface area contributed by atoms with E-state index in [-0.39, 0.29) is 0 Å². The summed E-state index contributed by atoms with van der Waals surface area (Å²) >= 11 is 0. The first kappa shape index (κ1) is 5.74. The minimum absolute atomic E-state index is 1.19. The van der Waals surface area contributed by atoms with E-state index < -0.39 is 0 Å². The van der Waals surface area contributed by atoms with E-state index in [9.17, 15) is 0 Å². The van der Waals surface area contributed by atoms with Gasteiger partial charge in [-0.1, -0.05) is 18.6 Å². The Bertz CT molecular complexity index is 51.1. The van der Waals surface area contributed by atoms with E-state index in [1.807, 2.05) is 0 Å². The lowest BCUT2D eigenvalue weighted by Crippen LogP contribution is -1.63. The summed E-state index contributed by atoms with van der Waals surface area (Å²) < 4.78 is 0. The van der Waals surface area contributed by atoms with Crippen LogP contribution in [-0.2, 0) is 0 Å². The van der Waals surface area contributed by atoms with Crippen molar-refractivity contribution >= 4 is 0 Å². The number of hydrogen-bond acceptors (Lipinski definition) is 0. The second-order valence-electron chi connectivity index (χ2n) is 1.49. The van der Waals surface area contributed by atoms with Crippen molar-refractivity contribution in [2.24, 2.45) is 0 Å². The number of allylic oxidation sites excluding steroid dienone is 2. The lowest BCUT2D eigenvalue weighted by Gasteiger charge is -1.85. The third-order valence-electron chi connectivity index (χ3n) is 1.05. The van der Waals surface area contributed by atoms with Crippen LogP contribution in [0.4, 0.5) is 0 Å². The maximum absolute atomic E-state index is 2.16. The van der Waals surface area contributed by atoms with Crippen molar-refractivity contribution in [3.63, 3.8) is 0 Å². The van der Waals surface area contributed by atoms with E-state index in [2.05, 4.69) is 26.8 Å². The third kappa shape index (κ3) is 2.01. The van der Waals surface area contributed by atoms with Crippen LogP contribution in [0.25, 0.3) is 0 Å². The molecular formula is C6H12. The maximum Gasteiger partial charge on any atom is -0.0352 e. The SMILES string of the molecule is C/C=C(\C)CC. The maximum atomic E-state index is 2.16. The Hall–Kier alpha value is -0.260. The van der Waals surface area contributed by atoms with Gasteiger partial charge in [0.25, 0.3) is 0 Å². The molecule has 0 aromatic heterocycles. The summed E-state index contributed by atoms with van der Waals surface area (Å²) in [6.45, 7) is 6.37. The summed E-state index contributed by atoms with van der Waals surface area (Å²) in [6, 6.07) is 0. The van der Waals surface area contributed by atoms with E-state index in [0.717, 1.165) is 0 Å². The fraction of sp³-hybridized carbons (Fsp3) is 0.667. The molecule has 0 atom stereocenters. The van der Waals surface area contributed by atoms with Crippen molar-refractivity contribution in [2.45, 2.75) is 27.2 Å². The van der Waals surface area contributed by atoms with Crippen LogP contribution in [0.1, 0.15) is 27.2 Å². The molecular weight excluding hydrogens is 72.1 g/mol. The monoisotopic (exact) mass is 84.1 g/mol. The second kappa shape index (κ2) is 2.95. The predicted octanol–water partition coefficient (Wildman–Crippen LogP) is 2.36. The molecule has 0 radical (unpaired) electrons. The molecule has 6 heavy (non-hydrogen) atoms. The molecule has 0 fully saturated rings. The van der Waals surface area contributed by atoms with Crippen LogP contribution in [0.3, 0.4) is 0 Å². The molecule has 0 aliphatic carbocycles. The lowest BCUT2D eigenvalue weighted by molar-refractivity contribution is 1.09. The normalized spacial score (nSPS) is 12.2. The molecule has 0 unspecified atom stereocenters. The molecule has 0 heteroatoms. The van der Waals surface area contributed by atoms with Crippen molar-refractivity contribution < 1.29 is 0 Å². The molecule has 0 aliphatic heterocycles. The largest absolute Gasteiger partial charge is 0.0887 e. The highest BCUT2D eigenvalue weighted by molar-refractivity contribution is 4.93. The van der Waals surface area contributed by atoms with E-state index in [0.29, 0.717) is 0 Å². The summed E-state index contributed by atoms with van der Waals surface area (Å²) in [7, 11) is 0. The Kier molecular flexibility index (Phi) is 2.82. The minimum atomic E-state index is 1.19. The Balaban J connectivity index is 3.22. The van der Waals surface area contributed by atoms with Crippen LogP contribution in [0.2, 0.25) is 0 Å². The average molecular weight is 84.2 g/mol. The van der Waals surface area contributed by atoms with E-state index >= 15 is 0 Å². The molecule has 0 bridgehead atoms. The molecule has 0 amide bonds. The van der Waals surface area contributed by atoms with Crippen LogP contribution >= 0.6 is 0 Å². The summed E-state index contributed by atoms with van der Waals surface area (Å²) in [5, 5.41) is 0. The number of hydrogen-bond donors (Lipinski definition) is 0. The standard InChI is InChI=1S/C6H12/c1-4-6(3)5-2/h4H,5H2,1-3H3/b6-4+. The van der Waals surface area contributed by atoms with Gasteiger partial charge in [-0.25, -0.2) is 0 Å². The number of rotatable bonds is 1. The molecule has 0 N–H and O–H groups in total. The molecule has 0 aromatic rings. The summed E-state index contributed by atoms with van der Waals surface area (Å²) in [5.41, 5.74) is 1.47. The molecule has 0 aliphatic rings. The molecule has 0 rings (SSSR count). The van der Waals surface area contributed by atoms with Crippen LogP contribution in [0.5, 0.6) is 0 Å². The van der Waals surface area contributed by atoms with Crippen molar-refractivity contribution in [2.75, 3.05) is 0 Å². The predicted molar refractivity (Wildman–Crippen MR) is 29.7 cm³/mol. The average Bonchev–Trinajstić information content (AvgIpc) is 1.65. The van der Waals surface area contributed by atoms with E-state index in [1.165, 1.54) is 12.0 Å². The van der Waals surface area contributed by atoms with Crippen LogP contribution < -0.4 is 0 Å². The second-order valence-corrected chi connectivity index (χ2v) is 1.49. The van der Waals surface area contributed by atoms with Crippen molar-refractivity contribution in [3.05, 3.63) is 11.6 Å². The van der Waals surface area contributed by atoms with Gasteiger partial charge in [-0.3, -0.25) is 0 Å². The van der Waals surface area contributed by atoms with Crippen molar-refractivity contribution in [1.82, 2.24) is 0 Å². The Labute approximate surface area is 39.9 Å². The first-order valence-electron chi connectivity index (χ1n) is 2.43. The highest BCUT2D eigenvalue weighted by atomic mass is 13.8. The zero-order chi connectivity index (χ0) is 4.99. The molecule has 0 heterocycles. The summed E-state index contributed by atoms with van der Waals surface area (Å²) in [5.74, 6) is 0. The van der Waals surface area contributed by atoms with Crippen molar-refractivity contribution in [1.29, 1.82) is 0 Å². The van der Waals surface area contributed by atoms with Gasteiger partial charge in [-0.15, -0.1) is 0 Å². The Morgan fingerprint density at radius 3 is 2.17 bits per heavy atom. The van der Waals surface area contributed by atoms with Gasteiger partial charge in [0, 0.05) is 0 Å². The Morgan fingerprint density at radius 1 is 1.67 bits per heavy atom. The molecule has 0 aromatic carbocycles. The quantitative estimate of drug-likeness (QED) is 0.428. The van der Waals surface area contributed by atoms with Gasteiger partial charge in [0.05, 0.1) is 0 Å². The van der Waals surface area contributed by atoms with Crippen molar-refractivity contribution in [3.8, 4) is 0 Å². The molecule has 0 saturated heterocycles. The van der Waals surface area contributed by atoms with Gasteiger partial charge < -0.3 is 0 Å². The van der Waals surface area contributed by atoms with Crippen LogP contribution in [-0.4, -0.2) is 0 Å². The minimum Gasteiger partial charge on any atom is -0.0887 e. The summed E-state index contributed by atoms with van der Waals surface area (Å²) in [6.07, 6.45) is 3.33. The summed E-state index contributed by atoms with van der Waals surface area (Å²) in [4.78, 5) is 0. The third-order valence-corrected chi connectivity index (χ3v) is 1.05. The van der Waals surface area contributed by atoms with E-state index in [4.69, 9.17) is 0 Å². The molecule has 0 spiro atoms. The molecule has 0 nitrogen and oxygen atoms in total.